The molecule has 0 aliphatic carbocycles. The molecule has 0 amide bonds. The average molecular weight is 310 g/mol. The van der Waals surface area contributed by atoms with Crippen molar-refractivity contribution in [1.29, 1.82) is 0 Å². The molecule has 0 spiro atoms. The average Bonchev–Trinajstić information content (AvgIpc) is 2.69. The standard InChI is InChI=1S/C14H16BrNO2/c1-14(2,3)10-6-4-9(5-7-10)12-11(8-17)13(15)18-16-12/h4-7,17H,8H2,1-3H3. The molecular weight excluding hydrogens is 294 g/mol. The van der Waals surface area contributed by atoms with Crippen LogP contribution in [-0.4, -0.2) is 10.3 Å². The summed E-state index contributed by atoms with van der Waals surface area (Å²) < 4.78 is 5.53. The van der Waals surface area contributed by atoms with Crippen molar-refractivity contribution in [1.82, 2.24) is 5.16 Å². The normalized spacial score (nSPS) is 11.8. The van der Waals surface area contributed by atoms with Crippen molar-refractivity contribution in [3.8, 4) is 11.3 Å². The summed E-state index contributed by atoms with van der Waals surface area (Å²) >= 11 is 3.23. The minimum atomic E-state index is -0.0968. The molecule has 0 saturated heterocycles. The molecule has 0 atom stereocenters. The first-order valence-corrected chi connectivity index (χ1v) is 6.58. The molecule has 96 valence electrons. The van der Waals surface area contributed by atoms with E-state index in [0.29, 0.717) is 15.9 Å². The Morgan fingerprint density at radius 1 is 1.22 bits per heavy atom. The van der Waals surface area contributed by atoms with Gasteiger partial charge in [-0.2, -0.15) is 0 Å². The second kappa shape index (κ2) is 4.86. The van der Waals surface area contributed by atoms with Crippen molar-refractivity contribution in [2.24, 2.45) is 0 Å². The third-order valence-electron chi connectivity index (χ3n) is 2.92. The van der Waals surface area contributed by atoms with Gasteiger partial charge in [0.15, 0.2) is 0 Å². The highest BCUT2D eigenvalue weighted by Gasteiger charge is 2.17. The number of aliphatic hydroxyl groups excluding tert-OH is 1. The number of aromatic nitrogens is 1. The molecule has 0 aliphatic rings. The zero-order valence-electron chi connectivity index (χ0n) is 10.7. The highest BCUT2D eigenvalue weighted by molar-refractivity contribution is 9.10. The van der Waals surface area contributed by atoms with Crippen molar-refractivity contribution >= 4 is 15.9 Å². The van der Waals surface area contributed by atoms with Gasteiger partial charge in [0.2, 0.25) is 4.67 Å². The van der Waals surface area contributed by atoms with E-state index < -0.39 is 0 Å². The Balaban J connectivity index is 2.40. The highest BCUT2D eigenvalue weighted by atomic mass is 79.9. The Hall–Kier alpha value is -1.13. The topological polar surface area (TPSA) is 46.3 Å². The zero-order valence-corrected chi connectivity index (χ0v) is 12.3. The number of nitrogens with zero attached hydrogens (tertiary/aromatic N) is 1. The van der Waals surface area contributed by atoms with E-state index >= 15 is 0 Å². The van der Waals surface area contributed by atoms with Crippen LogP contribution < -0.4 is 0 Å². The molecule has 0 saturated carbocycles. The lowest BCUT2D eigenvalue weighted by Crippen LogP contribution is -2.10. The highest BCUT2D eigenvalue weighted by Crippen LogP contribution is 2.30. The number of hydrogen-bond acceptors (Lipinski definition) is 3. The molecular formula is C14H16BrNO2. The van der Waals surface area contributed by atoms with E-state index in [1.54, 1.807) is 0 Å². The van der Waals surface area contributed by atoms with Crippen LogP contribution in [0.2, 0.25) is 0 Å². The first-order chi connectivity index (χ1) is 8.43. The van der Waals surface area contributed by atoms with Gasteiger partial charge in [-0.25, -0.2) is 0 Å². The second-order valence-electron chi connectivity index (χ2n) is 5.27. The fourth-order valence-electron chi connectivity index (χ4n) is 1.78. The zero-order chi connectivity index (χ0) is 13.3. The monoisotopic (exact) mass is 309 g/mol. The Labute approximate surface area is 115 Å². The van der Waals surface area contributed by atoms with Crippen LogP contribution in [0.4, 0.5) is 0 Å². The lowest BCUT2D eigenvalue weighted by atomic mass is 9.86. The van der Waals surface area contributed by atoms with Crippen molar-refractivity contribution in [2.75, 3.05) is 0 Å². The summed E-state index contributed by atoms with van der Waals surface area (Å²) in [5, 5.41) is 13.3. The van der Waals surface area contributed by atoms with Crippen LogP contribution in [0.25, 0.3) is 11.3 Å². The smallest absolute Gasteiger partial charge is 0.208 e. The van der Waals surface area contributed by atoms with E-state index in [0.717, 1.165) is 5.56 Å². The maximum Gasteiger partial charge on any atom is 0.208 e. The molecule has 18 heavy (non-hydrogen) atoms. The molecule has 2 aromatic rings. The second-order valence-corrected chi connectivity index (χ2v) is 5.99. The van der Waals surface area contributed by atoms with Crippen LogP contribution in [0.5, 0.6) is 0 Å². The minimum absolute atomic E-state index is 0.0968. The fraction of sp³-hybridized carbons (Fsp3) is 0.357. The number of hydrogen-bond donors (Lipinski definition) is 1. The van der Waals surface area contributed by atoms with Gasteiger partial charge in [-0.1, -0.05) is 50.2 Å². The first-order valence-electron chi connectivity index (χ1n) is 5.79. The maximum absolute atomic E-state index is 9.30. The van der Waals surface area contributed by atoms with Crippen molar-refractivity contribution in [3.63, 3.8) is 0 Å². The first kappa shape index (κ1) is 13.3. The molecule has 0 bridgehead atoms. The van der Waals surface area contributed by atoms with Crippen LogP contribution in [0.3, 0.4) is 0 Å². The predicted octanol–water partition coefficient (Wildman–Crippen LogP) is 3.89. The van der Waals surface area contributed by atoms with Gasteiger partial charge in [0.25, 0.3) is 0 Å². The Kier molecular flexibility index (Phi) is 3.59. The maximum atomic E-state index is 9.30. The van der Waals surface area contributed by atoms with Gasteiger partial charge in [0.05, 0.1) is 12.2 Å². The summed E-state index contributed by atoms with van der Waals surface area (Å²) in [4.78, 5) is 0. The van der Waals surface area contributed by atoms with E-state index in [-0.39, 0.29) is 12.0 Å². The van der Waals surface area contributed by atoms with Crippen molar-refractivity contribution in [3.05, 3.63) is 40.1 Å². The number of benzene rings is 1. The molecule has 0 unspecified atom stereocenters. The summed E-state index contributed by atoms with van der Waals surface area (Å²) in [6.45, 7) is 6.43. The summed E-state index contributed by atoms with van der Waals surface area (Å²) in [5.74, 6) is 0. The molecule has 1 heterocycles. The van der Waals surface area contributed by atoms with Gasteiger partial charge in [-0.15, -0.1) is 0 Å². The quantitative estimate of drug-likeness (QED) is 0.915. The van der Waals surface area contributed by atoms with Crippen LogP contribution in [0, 0.1) is 0 Å². The van der Waals surface area contributed by atoms with E-state index in [2.05, 4.69) is 54.0 Å². The van der Waals surface area contributed by atoms with E-state index in [9.17, 15) is 5.11 Å². The van der Waals surface area contributed by atoms with Crippen LogP contribution in [0.15, 0.2) is 33.5 Å². The largest absolute Gasteiger partial charge is 0.391 e. The summed E-state index contributed by atoms with van der Waals surface area (Å²) in [7, 11) is 0. The molecule has 3 nitrogen and oxygen atoms in total. The van der Waals surface area contributed by atoms with Gasteiger partial charge in [0, 0.05) is 5.56 Å². The van der Waals surface area contributed by atoms with Crippen LogP contribution in [0.1, 0.15) is 31.9 Å². The third kappa shape index (κ3) is 2.49. The number of halogens is 1. The van der Waals surface area contributed by atoms with E-state index in [1.165, 1.54) is 5.56 Å². The molecule has 0 aliphatic heterocycles. The molecule has 1 aromatic heterocycles. The third-order valence-corrected chi connectivity index (χ3v) is 3.55. The number of rotatable bonds is 2. The van der Waals surface area contributed by atoms with Gasteiger partial charge in [-0.05, 0) is 26.9 Å². The molecule has 1 N–H and O–H groups in total. The summed E-state index contributed by atoms with van der Waals surface area (Å²) in [6.07, 6.45) is 0. The summed E-state index contributed by atoms with van der Waals surface area (Å²) in [6, 6.07) is 8.17. The molecule has 1 aromatic carbocycles. The number of aliphatic hydroxyl groups is 1. The van der Waals surface area contributed by atoms with Crippen LogP contribution in [-0.2, 0) is 12.0 Å². The van der Waals surface area contributed by atoms with Gasteiger partial charge >= 0.3 is 0 Å². The minimum Gasteiger partial charge on any atom is -0.391 e. The predicted molar refractivity (Wildman–Crippen MR) is 74.3 cm³/mol. The van der Waals surface area contributed by atoms with Gasteiger partial charge in [0.1, 0.15) is 5.69 Å². The fourth-order valence-corrected chi connectivity index (χ4v) is 2.17. The van der Waals surface area contributed by atoms with E-state index in [1.807, 2.05) is 12.1 Å². The van der Waals surface area contributed by atoms with Crippen molar-refractivity contribution in [2.45, 2.75) is 32.8 Å². The lowest BCUT2D eigenvalue weighted by Gasteiger charge is -2.18. The Morgan fingerprint density at radius 2 is 1.83 bits per heavy atom. The van der Waals surface area contributed by atoms with Gasteiger partial charge < -0.3 is 9.63 Å². The molecule has 0 radical (unpaired) electrons. The van der Waals surface area contributed by atoms with Crippen LogP contribution >= 0.6 is 15.9 Å². The Morgan fingerprint density at radius 3 is 2.33 bits per heavy atom. The molecule has 2 rings (SSSR count). The van der Waals surface area contributed by atoms with Crippen molar-refractivity contribution < 1.29 is 9.63 Å². The lowest BCUT2D eigenvalue weighted by molar-refractivity contribution is 0.278. The summed E-state index contributed by atoms with van der Waals surface area (Å²) in [5.41, 5.74) is 3.70. The van der Waals surface area contributed by atoms with Gasteiger partial charge in [-0.3, -0.25) is 0 Å². The molecule has 0 fully saturated rings. The molecule has 4 heteroatoms. The Bertz CT molecular complexity index is 538. The van der Waals surface area contributed by atoms with E-state index in [4.69, 9.17) is 4.52 Å². The SMILES string of the molecule is CC(C)(C)c1ccc(-c2noc(Br)c2CO)cc1.